The molecule has 1 aromatic carbocycles. The summed E-state index contributed by atoms with van der Waals surface area (Å²) in [4.78, 5) is 0. The van der Waals surface area contributed by atoms with Gasteiger partial charge in [-0.25, -0.2) is 0 Å². The van der Waals surface area contributed by atoms with Crippen LogP contribution in [0.3, 0.4) is 0 Å². The summed E-state index contributed by atoms with van der Waals surface area (Å²) in [7, 11) is 0. The maximum Gasteiger partial charge on any atom is 0.144 e. The van der Waals surface area contributed by atoms with Crippen LogP contribution in [0.15, 0.2) is 18.2 Å². The minimum absolute atomic E-state index is 0.488. The molecule has 0 unspecified atom stereocenters. The molecular weight excluding hydrogens is 240 g/mol. The predicted molar refractivity (Wildman–Crippen MR) is 80.7 cm³/mol. The second kappa shape index (κ2) is 7.24. The van der Waals surface area contributed by atoms with Crippen LogP contribution in [-0.2, 0) is 0 Å². The third kappa shape index (κ3) is 4.31. The zero-order chi connectivity index (χ0) is 14.3. The minimum Gasteiger partial charge on any atom is -0.491 e. The van der Waals surface area contributed by atoms with Gasteiger partial charge >= 0.3 is 0 Å². The largest absolute Gasteiger partial charge is 0.491 e. The van der Waals surface area contributed by atoms with E-state index in [4.69, 9.17) is 10.5 Å². The van der Waals surface area contributed by atoms with Gasteiger partial charge < -0.3 is 20.9 Å². The summed E-state index contributed by atoms with van der Waals surface area (Å²) in [5, 5.41) is 13.5. The zero-order valence-electron chi connectivity index (χ0n) is 12.2. The summed E-state index contributed by atoms with van der Waals surface area (Å²) >= 11 is 0. The van der Waals surface area contributed by atoms with E-state index in [1.54, 1.807) is 0 Å². The number of hydrogen-bond donors (Lipinski definition) is 3. The summed E-state index contributed by atoms with van der Waals surface area (Å²) in [6.45, 7) is 7.16. The number of aliphatic hydroxyl groups is 1. The Balaban J connectivity index is 2.73. The van der Waals surface area contributed by atoms with E-state index in [0.29, 0.717) is 37.4 Å². The average molecular weight is 266 g/mol. The number of anilines is 2. The summed E-state index contributed by atoms with van der Waals surface area (Å²) in [6, 6.07) is 5.67. The number of rotatable bonds is 8. The predicted octanol–water partition coefficient (Wildman–Crippen LogP) is 3.02. The van der Waals surface area contributed by atoms with Crippen molar-refractivity contribution in [3.63, 3.8) is 0 Å². The van der Waals surface area contributed by atoms with E-state index in [0.717, 1.165) is 12.1 Å². The number of ether oxygens (including phenoxy) is 1. The highest BCUT2D eigenvalue weighted by Crippen LogP contribution is 2.30. The van der Waals surface area contributed by atoms with Crippen LogP contribution >= 0.6 is 0 Å². The zero-order valence-corrected chi connectivity index (χ0v) is 12.2. The van der Waals surface area contributed by atoms with E-state index in [2.05, 4.69) is 12.2 Å². The Morgan fingerprint density at radius 1 is 1.26 bits per heavy atom. The lowest BCUT2D eigenvalue weighted by Gasteiger charge is -2.26. The molecule has 0 bridgehead atoms. The Kier molecular flexibility index (Phi) is 5.96. The first-order valence-corrected chi connectivity index (χ1v) is 7.03. The van der Waals surface area contributed by atoms with Crippen molar-refractivity contribution < 1.29 is 9.84 Å². The van der Waals surface area contributed by atoms with Crippen molar-refractivity contribution >= 4 is 11.4 Å². The molecule has 0 amide bonds. The van der Waals surface area contributed by atoms with Crippen molar-refractivity contribution in [3.8, 4) is 5.75 Å². The van der Waals surface area contributed by atoms with Crippen molar-refractivity contribution in [1.29, 1.82) is 0 Å². The fraction of sp³-hybridized carbons (Fsp3) is 0.600. The number of benzene rings is 1. The molecule has 4 N–H and O–H groups in total. The van der Waals surface area contributed by atoms with Gasteiger partial charge in [-0.2, -0.15) is 0 Å². The summed E-state index contributed by atoms with van der Waals surface area (Å²) < 4.78 is 5.58. The van der Waals surface area contributed by atoms with Crippen LogP contribution in [0.4, 0.5) is 11.4 Å². The molecule has 0 heterocycles. The molecule has 0 fully saturated rings. The van der Waals surface area contributed by atoms with Crippen LogP contribution in [0.5, 0.6) is 5.75 Å². The molecule has 0 radical (unpaired) electrons. The van der Waals surface area contributed by atoms with E-state index in [-0.39, 0.29) is 0 Å². The third-order valence-electron chi connectivity index (χ3n) is 3.45. The van der Waals surface area contributed by atoms with Gasteiger partial charge in [-0.1, -0.05) is 26.8 Å². The normalized spacial score (nSPS) is 11.4. The van der Waals surface area contributed by atoms with E-state index in [1.807, 2.05) is 32.0 Å². The molecular formula is C15H26N2O2. The average Bonchev–Trinajstić information content (AvgIpc) is 2.44. The summed E-state index contributed by atoms with van der Waals surface area (Å²) in [5.74, 6) is 0.698. The fourth-order valence-electron chi connectivity index (χ4n) is 1.80. The van der Waals surface area contributed by atoms with Gasteiger partial charge in [0, 0.05) is 6.54 Å². The molecule has 0 aliphatic rings. The quantitative estimate of drug-likeness (QED) is 0.633. The van der Waals surface area contributed by atoms with Gasteiger partial charge in [0.1, 0.15) is 5.75 Å². The minimum atomic E-state index is -0.688. The number of hydrogen-bond acceptors (Lipinski definition) is 4. The first-order chi connectivity index (χ1) is 9.06. The number of nitrogen functional groups attached to an aromatic ring is 1. The molecule has 0 spiro atoms. The fourth-order valence-corrected chi connectivity index (χ4v) is 1.80. The van der Waals surface area contributed by atoms with Crippen LogP contribution in [0, 0.1) is 0 Å². The van der Waals surface area contributed by atoms with Gasteiger partial charge in [0.2, 0.25) is 0 Å². The van der Waals surface area contributed by atoms with Gasteiger partial charge in [0.25, 0.3) is 0 Å². The highest BCUT2D eigenvalue weighted by molar-refractivity contribution is 5.73. The molecule has 0 aliphatic carbocycles. The lowest BCUT2D eigenvalue weighted by Crippen LogP contribution is -2.35. The van der Waals surface area contributed by atoms with E-state index < -0.39 is 5.60 Å². The molecule has 0 saturated heterocycles. The molecule has 1 rings (SSSR count). The molecule has 4 heteroatoms. The van der Waals surface area contributed by atoms with Gasteiger partial charge in [0.15, 0.2) is 0 Å². The van der Waals surface area contributed by atoms with Crippen molar-refractivity contribution in [2.75, 3.05) is 24.2 Å². The molecule has 108 valence electrons. The van der Waals surface area contributed by atoms with Crippen LogP contribution in [-0.4, -0.2) is 23.9 Å². The van der Waals surface area contributed by atoms with Crippen LogP contribution in [0.1, 0.15) is 40.0 Å². The van der Waals surface area contributed by atoms with Crippen LogP contribution in [0.25, 0.3) is 0 Å². The Morgan fingerprint density at radius 2 is 1.95 bits per heavy atom. The topological polar surface area (TPSA) is 67.5 Å². The Morgan fingerprint density at radius 3 is 2.53 bits per heavy atom. The Bertz CT molecular complexity index is 390. The number of nitrogens with one attached hydrogen (secondary N) is 1. The molecule has 0 aliphatic heterocycles. The van der Waals surface area contributed by atoms with Crippen molar-refractivity contribution in [2.45, 2.75) is 45.6 Å². The standard InChI is InChI=1S/C15H26N2O2/c1-4-10-19-13-9-7-8-12(14(13)16)17-11-15(18,5-2)6-3/h7-9,17-18H,4-6,10-11,16H2,1-3H3. The van der Waals surface area contributed by atoms with Crippen LogP contribution in [0.2, 0.25) is 0 Å². The second-order valence-corrected chi connectivity index (χ2v) is 4.85. The number of para-hydroxylation sites is 1. The molecule has 1 aromatic rings. The van der Waals surface area contributed by atoms with Gasteiger partial charge in [-0.05, 0) is 31.4 Å². The lowest BCUT2D eigenvalue weighted by atomic mass is 9.97. The van der Waals surface area contributed by atoms with Gasteiger partial charge in [-0.3, -0.25) is 0 Å². The number of nitrogens with two attached hydrogens (primary N) is 1. The SMILES string of the molecule is CCCOc1cccc(NCC(O)(CC)CC)c1N. The van der Waals surface area contributed by atoms with E-state index in [9.17, 15) is 5.11 Å². The first-order valence-electron chi connectivity index (χ1n) is 7.03. The van der Waals surface area contributed by atoms with Crippen molar-refractivity contribution in [2.24, 2.45) is 0 Å². The molecule has 0 atom stereocenters. The van der Waals surface area contributed by atoms with Crippen LogP contribution < -0.4 is 15.8 Å². The van der Waals surface area contributed by atoms with Gasteiger partial charge in [-0.15, -0.1) is 0 Å². The van der Waals surface area contributed by atoms with Crippen molar-refractivity contribution in [1.82, 2.24) is 0 Å². The third-order valence-corrected chi connectivity index (χ3v) is 3.45. The highest BCUT2D eigenvalue weighted by Gasteiger charge is 2.22. The summed E-state index contributed by atoms with van der Waals surface area (Å²) in [5.41, 5.74) is 6.80. The van der Waals surface area contributed by atoms with Crippen molar-refractivity contribution in [3.05, 3.63) is 18.2 Å². The summed E-state index contributed by atoms with van der Waals surface area (Å²) in [6.07, 6.45) is 2.37. The Labute approximate surface area is 116 Å². The monoisotopic (exact) mass is 266 g/mol. The lowest BCUT2D eigenvalue weighted by molar-refractivity contribution is 0.0457. The molecule has 0 aromatic heterocycles. The Hall–Kier alpha value is -1.42. The molecule has 0 saturated carbocycles. The maximum absolute atomic E-state index is 10.3. The first kappa shape index (κ1) is 15.6. The maximum atomic E-state index is 10.3. The molecule has 4 nitrogen and oxygen atoms in total. The van der Waals surface area contributed by atoms with E-state index in [1.165, 1.54) is 0 Å². The highest BCUT2D eigenvalue weighted by atomic mass is 16.5. The smallest absolute Gasteiger partial charge is 0.144 e. The second-order valence-electron chi connectivity index (χ2n) is 4.85. The molecule has 19 heavy (non-hydrogen) atoms. The van der Waals surface area contributed by atoms with E-state index >= 15 is 0 Å². The van der Waals surface area contributed by atoms with Gasteiger partial charge in [0.05, 0.1) is 23.6 Å².